The second kappa shape index (κ2) is 8.73. The fraction of sp³-hybridized carbons (Fsp3) is 0.250. The number of carbonyl (C=O) groups excluding carboxylic acids is 1. The molecule has 2 aromatic carbocycles. The third-order valence-corrected chi connectivity index (χ3v) is 5.04. The van der Waals surface area contributed by atoms with Gasteiger partial charge in [0, 0.05) is 22.0 Å². The van der Waals surface area contributed by atoms with Crippen LogP contribution in [0.5, 0.6) is 0 Å². The zero-order valence-corrected chi connectivity index (χ0v) is 16.9. The maximum atomic E-state index is 14.4. The molecule has 4 nitrogen and oxygen atoms in total. The molecular formula is C20H16BrF5N2O2. The number of aromatic amines is 1. The number of fused-ring (bicyclic) bond motifs is 1. The Morgan fingerprint density at radius 2 is 1.83 bits per heavy atom. The van der Waals surface area contributed by atoms with Crippen LogP contribution in [0.15, 0.2) is 40.9 Å². The van der Waals surface area contributed by atoms with Gasteiger partial charge in [-0.2, -0.15) is 13.2 Å². The lowest BCUT2D eigenvalue weighted by molar-refractivity contribution is -0.168. The Labute approximate surface area is 176 Å². The molecule has 30 heavy (non-hydrogen) atoms. The lowest BCUT2D eigenvalue weighted by Crippen LogP contribution is -2.47. The Balaban J connectivity index is 1.94. The average Bonchev–Trinajstić information content (AvgIpc) is 3.02. The number of carbonyl (C=O) groups is 1. The topological polar surface area (TPSA) is 65.1 Å². The van der Waals surface area contributed by atoms with Crippen LogP contribution in [-0.4, -0.2) is 34.8 Å². The van der Waals surface area contributed by atoms with Crippen molar-refractivity contribution in [1.29, 1.82) is 0 Å². The highest BCUT2D eigenvalue weighted by Crippen LogP contribution is 2.34. The molecule has 3 N–H and O–H groups in total. The van der Waals surface area contributed by atoms with Crippen LogP contribution in [-0.2, 0) is 11.2 Å². The summed E-state index contributed by atoms with van der Waals surface area (Å²) in [4.78, 5) is 15.0. The number of rotatable bonds is 6. The van der Waals surface area contributed by atoms with Crippen molar-refractivity contribution in [2.45, 2.75) is 25.1 Å². The molecule has 0 bridgehead atoms. The van der Waals surface area contributed by atoms with Gasteiger partial charge in [-0.15, -0.1) is 0 Å². The summed E-state index contributed by atoms with van der Waals surface area (Å²) in [6.45, 7) is -1.28. The van der Waals surface area contributed by atoms with Crippen molar-refractivity contribution >= 4 is 32.7 Å². The van der Waals surface area contributed by atoms with Gasteiger partial charge >= 0.3 is 6.18 Å². The highest BCUT2D eigenvalue weighted by Gasteiger charge is 2.40. The third kappa shape index (κ3) is 4.81. The Morgan fingerprint density at radius 1 is 1.17 bits per heavy atom. The number of nitrogens with one attached hydrogen (secondary N) is 2. The monoisotopic (exact) mass is 490 g/mol. The number of halogens is 6. The molecule has 0 fully saturated rings. The summed E-state index contributed by atoms with van der Waals surface area (Å²) in [5, 5.41) is 11.1. The summed E-state index contributed by atoms with van der Waals surface area (Å²) in [7, 11) is 0. The summed E-state index contributed by atoms with van der Waals surface area (Å²) in [6.07, 6.45) is -5.12. The van der Waals surface area contributed by atoms with Gasteiger partial charge in [0.1, 0.15) is 17.7 Å². The minimum Gasteiger partial charge on any atom is -0.394 e. The molecule has 160 valence electrons. The molecule has 0 aliphatic rings. The molecule has 1 heterocycles. The summed E-state index contributed by atoms with van der Waals surface area (Å²) >= 11 is 3.20. The van der Waals surface area contributed by atoms with Crippen LogP contribution in [0, 0.1) is 11.6 Å². The molecule has 1 atom stereocenters. The summed E-state index contributed by atoms with van der Waals surface area (Å²) in [6, 6.07) is 5.90. The molecule has 3 aromatic rings. The molecular weight excluding hydrogens is 475 g/mol. The Morgan fingerprint density at radius 3 is 2.43 bits per heavy atom. The first-order valence-corrected chi connectivity index (χ1v) is 9.62. The minimum atomic E-state index is -4.78. The van der Waals surface area contributed by atoms with Crippen LogP contribution in [0.1, 0.15) is 12.0 Å². The fourth-order valence-corrected chi connectivity index (χ4v) is 3.56. The number of aliphatic hydroxyl groups is 1. The SMILES string of the molecule is O=C(CCc1c(-c2ccc(F)cc2)[nH]c2c(F)cc(Br)cc12)N[C@@H](CO)C(F)(F)F. The van der Waals surface area contributed by atoms with Gasteiger partial charge in [0.15, 0.2) is 0 Å². The van der Waals surface area contributed by atoms with E-state index < -0.39 is 36.4 Å². The first-order valence-electron chi connectivity index (χ1n) is 8.82. The molecule has 0 radical (unpaired) electrons. The molecule has 0 unspecified atom stereocenters. The molecule has 0 aliphatic carbocycles. The van der Waals surface area contributed by atoms with E-state index in [1.165, 1.54) is 30.3 Å². The molecule has 1 aromatic heterocycles. The highest BCUT2D eigenvalue weighted by molar-refractivity contribution is 9.10. The second-order valence-corrected chi connectivity index (χ2v) is 7.56. The number of aliphatic hydroxyl groups excluding tert-OH is 1. The molecule has 1 amide bonds. The molecule has 0 aliphatic heterocycles. The standard InChI is InChI=1S/C20H16BrF5N2O2/c21-11-7-14-13(5-6-17(30)27-16(9-29)20(24,25)26)18(28-19(14)15(23)8-11)10-1-3-12(22)4-2-10/h1-4,7-8,16,28-29H,5-6,9H2,(H,27,30)/t16-/m0/s1. The van der Waals surface area contributed by atoms with Crippen molar-refractivity contribution in [2.75, 3.05) is 6.61 Å². The van der Waals surface area contributed by atoms with Crippen LogP contribution in [0.4, 0.5) is 22.0 Å². The summed E-state index contributed by atoms with van der Waals surface area (Å²) in [5.41, 5.74) is 1.63. The minimum absolute atomic E-state index is 0.00948. The van der Waals surface area contributed by atoms with E-state index in [-0.39, 0.29) is 18.4 Å². The van der Waals surface area contributed by atoms with Gasteiger partial charge in [-0.05, 0) is 53.9 Å². The van der Waals surface area contributed by atoms with Crippen LogP contribution < -0.4 is 5.32 Å². The molecule has 0 saturated carbocycles. The molecule has 10 heteroatoms. The number of benzene rings is 2. The number of H-pyrrole nitrogens is 1. The summed E-state index contributed by atoms with van der Waals surface area (Å²) < 4.78 is 66.4. The van der Waals surface area contributed by atoms with E-state index in [0.717, 1.165) is 0 Å². The number of aromatic nitrogens is 1. The van der Waals surface area contributed by atoms with Crippen molar-refractivity contribution in [3.63, 3.8) is 0 Å². The predicted octanol–water partition coefficient (Wildman–Crippen LogP) is 4.85. The maximum Gasteiger partial charge on any atom is 0.410 e. The first-order chi connectivity index (χ1) is 14.1. The highest BCUT2D eigenvalue weighted by atomic mass is 79.9. The van der Waals surface area contributed by atoms with Crippen molar-refractivity contribution < 1.29 is 31.9 Å². The Hall–Kier alpha value is -2.46. The first kappa shape index (κ1) is 22.2. The van der Waals surface area contributed by atoms with Gasteiger partial charge in [-0.1, -0.05) is 15.9 Å². The van der Waals surface area contributed by atoms with Gasteiger partial charge in [0.25, 0.3) is 0 Å². The molecule has 0 saturated heterocycles. The van der Waals surface area contributed by atoms with Crippen molar-refractivity contribution in [2.24, 2.45) is 0 Å². The number of amides is 1. The van der Waals surface area contributed by atoms with Crippen molar-refractivity contribution in [3.8, 4) is 11.3 Å². The largest absolute Gasteiger partial charge is 0.410 e. The number of aryl methyl sites for hydroxylation is 1. The normalized spacial score (nSPS) is 12.9. The number of hydrogen-bond donors (Lipinski definition) is 3. The van der Waals surface area contributed by atoms with Crippen molar-refractivity contribution in [1.82, 2.24) is 10.3 Å². The maximum absolute atomic E-state index is 14.4. The summed E-state index contributed by atoms with van der Waals surface area (Å²) in [5.74, 6) is -1.94. The van der Waals surface area contributed by atoms with Crippen LogP contribution in [0.25, 0.3) is 22.2 Å². The average molecular weight is 491 g/mol. The number of hydrogen-bond acceptors (Lipinski definition) is 2. The predicted molar refractivity (Wildman–Crippen MR) is 105 cm³/mol. The lowest BCUT2D eigenvalue weighted by Gasteiger charge is -2.19. The van der Waals surface area contributed by atoms with Crippen LogP contribution >= 0.6 is 15.9 Å². The van der Waals surface area contributed by atoms with E-state index >= 15 is 0 Å². The van der Waals surface area contributed by atoms with E-state index in [0.29, 0.717) is 26.7 Å². The van der Waals surface area contributed by atoms with Gasteiger partial charge in [-0.25, -0.2) is 8.78 Å². The van der Waals surface area contributed by atoms with Gasteiger partial charge in [-0.3, -0.25) is 4.79 Å². The van der Waals surface area contributed by atoms with E-state index in [1.807, 2.05) is 0 Å². The van der Waals surface area contributed by atoms with E-state index in [2.05, 4.69) is 20.9 Å². The number of alkyl halides is 3. The fourth-order valence-electron chi connectivity index (χ4n) is 3.13. The van der Waals surface area contributed by atoms with Crippen LogP contribution in [0.2, 0.25) is 0 Å². The Kier molecular flexibility index (Phi) is 6.47. The third-order valence-electron chi connectivity index (χ3n) is 4.58. The molecule has 0 spiro atoms. The van der Waals surface area contributed by atoms with E-state index in [9.17, 15) is 26.7 Å². The van der Waals surface area contributed by atoms with E-state index in [1.54, 1.807) is 11.4 Å². The zero-order chi connectivity index (χ0) is 22.1. The van der Waals surface area contributed by atoms with Crippen molar-refractivity contribution in [3.05, 3.63) is 58.1 Å². The molecule has 3 rings (SSSR count). The zero-order valence-electron chi connectivity index (χ0n) is 15.3. The quantitative estimate of drug-likeness (QED) is 0.432. The second-order valence-electron chi connectivity index (χ2n) is 6.64. The smallest absolute Gasteiger partial charge is 0.394 e. The van der Waals surface area contributed by atoms with Gasteiger partial charge in [0.2, 0.25) is 5.91 Å². The van der Waals surface area contributed by atoms with Gasteiger partial charge in [0.05, 0.1) is 12.1 Å². The van der Waals surface area contributed by atoms with E-state index in [4.69, 9.17) is 5.11 Å². The Bertz CT molecular complexity index is 1060. The van der Waals surface area contributed by atoms with Crippen LogP contribution in [0.3, 0.4) is 0 Å². The van der Waals surface area contributed by atoms with Gasteiger partial charge < -0.3 is 15.4 Å². The lowest BCUT2D eigenvalue weighted by atomic mass is 10.0.